The summed E-state index contributed by atoms with van der Waals surface area (Å²) in [5.74, 6) is 0. The number of oxime groups is 1. The van der Waals surface area contributed by atoms with Crippen molar-refractivity contribution in [2.75, 3.05) is 0 Å². The van der Waals surface area contributed by atoms with E-state index >= 15 is 0 Å². The number of hydrogen-bond acceptors (Lipinski definition) is 4. The molecule has 0 bridgehead atoms. The van der Waals surface area contributed by atoms with E-state index in [0.717, 1.165) is 21.0 Å². The fourth-order valence-electron chi connectivity index (χ4n) is 2.04. The molecule has 0 amide bonds. The van der Waals surface area contributed by atoms with Crippen molar-refractivity contribution in [3.63, 3.8) is 0 Å². The molecule has 0 aliphatic rings. The molecule has 0 unspecified atom stereocenters. The number of rotatable bonds is 6. The number of nitrogens with zero attached hydrogens (tertiary/aromatic N) is 2. The van der Waals surface area contributed by atoms with Crippen LogP contribution in [-0.2, 0) is 11.4 Å². The molecule has 132 valence electrons. The molecule has 7 heteroatoms. The predicted molar refractivity (Wildman–Crippen MR) is 109 cm³/mol. The van der Waals surface area contributed by atoms with E-state index in [4.69, 9.17) is 39.6 Å². The zero-order chi connectivity index (χ0) is 18.4. The first-order valence-corrected chi connectivity index (χ1v) is 9.54. The second-order valence-corrected chi connectivity index (χ2v) is 7.52. The first-order chi connectivity index (χ1) is 12.6. The summed E-state index contributed by atoms with van der Waals surface area (Å²) in [6.07, 6.45) is 3.38. The summed E-state index contributed by atoms with van der Waals surface area (Å²) >= 11 is 19.3. The SMILES string of the molecule is Clc1ccc(Sc2ncccc2C=NOCc2ccc(Cl)c(Cl)c2)cc1. The van der Waals surface area contributed by atoms with E-state index in [1.165, 1.54) is 11.8 Å². The summed E-state index contributed by atoms with van der Waals surface area (Å²) in [4.78, 5) is 10.8. The fourth-order valence-corrected chi connectivity index (χ4v) is 3.33. The molecule has 0 aliphatic carbocycles. The molecule has 0 spiro atoms. The molecule has 1 aromatic heterocycles. The molecular weight excluding hydrogens is 411 g/mol. The van der Waals surface area contributed by atoms with Gasteiger partial charge in [0, 0.05) is 21.7 Å². The molecule has 0 atom stereocenters. The molecule has 0 radical (unpaired) electrons. The summed E-state index contributed by atoms with van der Waals surface area (Å²) in [7, 11) is 0. The number of halogens is 3. The minimum Gasteiger partial charge on any atom is -0.391 e. The summed E-state index contributed by atoms with van der Waals surface area (Å²) in [6, 6.07) is 16.7. The molecule has 26 heavy (non-hydrogen) atoms. The van der Waals surface area contributed by atoms with Crippen LogP contribution in [0.1, 0.15) is 11.1 Å². The van der Waals surface area contributed by atoms with E-state index in [-0.39, 0.29) is 0 Å². The first kappa shape index (κ1) is 19.1. The standard InChI is InChI=1S/C19H13Cl3N2OS/c20-15-4-6-16(7-5-15)26-19-14(2-1-9-23-19)11-24-25-12-13-3-8-17(21)18(22)10-13/h1-11H,12H2. The maximum Gasteiger partial charge on any atom is 0.142 e. The van der Waals surface area contributed by atoms with Gasteiger partial charge in [0.25, 0.3) is 0 Å². The number of hydrogen-bond donors (Lipinski definition) is 0. The van der Waals surface area contributed by atoms with Crippen molar-refractivity contribution in [2.45, 2.75) is 16.5 Å². The summed E-state index contributed by atoms with van der Waals surface area (Å²) in [5, 5.41) is 6.57. The highest BCUT2D eigenvalue weighted by Crippen LogP contribution is 2.29. The van der Waals surface area contributed by atoms with Gasteiger partial charge in [-0.1, -0.05) is 57.8 Å². The van der Waals surface area contributed by atoms with Gasteiger partial charge < -0.3 is 4.84 Å². The molecule has 0 fully saturated rings. The van der Waals surface area contributed by atoms with Crippen LogP contribution in [0.25, 0.3) is 0 Å². The Labute approximate surface area is 170 Å². The molecular formula is C19H13Cl3N2OS. The molecule has 0 saturated carbocycles. The van der Waals surface area contributed by atoms with Gasteiger partial charge in [-0.2, -0.15) is 0 Å². The van der Waals surface area contributed by atoms with Gasteiger partial charge in [0.2, 0.25) is 0 Å². The van der Waals surface area contributed by atoms with Crippen molar-refractivity contribution in [1.82, 2.24) is 4.98 Å². The van der Waals surface area contributed by atoms with Crippen LogP contribution in [0.5, 0.6) is 0 Å². The largest absolute Gasteiger partial charge is 0.391 e. The Morgan fingerprint density at radius 1 is 1.00 bits per heavy atom. The normalized spacial score (nSPS) is 11.0. The Bertz CT molecular complexity index is 917. The molecule has 3 aromatic rings. The molecule has 3 rings (SSSR count). The van der Waals surface area contributed by atoms with Gasteiger partial charge in [-0.05, 0) is 54.1 Å². The van der Waals surface area contributed by atoms with Gasteiger partial charge in [-0.15, -0.1) is 0 Å². The van der Waals surface area contributed by atoms with Crippen LogP contribution < -0.4 is 0 Å². The molecule has 0 N–H and O–H groups in total. The van der Waals surface area contributed by atoms with Gasteiger partial charge >= 0.3 is 0 Å². The minimum atomic E-state index is 0.299. The molecule has 3 nitrogen and oxygen atoms in total. The van der Waals surface area contributed by atoms with E-state index < -0.39 is 0 Å². The van der Waals surface area contributed by atoms with Gasteiger partial charge in [0.15, 0.2) is 0 Å². The maximum atomic E-state index is 5.98. The Morgan fingerprint density at radius 2 is 1.81 bits per heavy atom. The third-order valence-electron chi connectivity index (χ3n) is 3.31. The lowest BCUT2D eigenvalue weighted by atomic mass is 10.2. The Balaban J connectivity index is 1.64. The number of benzene rings is 2. The lowest BCUT2D eigenvalue weighted by molar-refractivity contribution is 0.132. The lowest BCUT2D eigenvalue weighted by Gasteiger charge is -2.05. The number of pyridine rings is 1. The van der Waals surface area contributed by atoms with Crippen LogP contribution in [0.15, 0.2) is 75.9 Å². The van der Waals surface area contributed by atoms with Crippen LogP contribution in [0.3, 0.4) is 0 Å². The third kappa shape index (κ3) is 5.39. The highest BCUT2D eigenvalue weighted by atomic mass is 35.5. The van der Waals surface area contributed by atoms with Crippen LogP contribution in [-0.4, -0.2) is 11.2 Å². The van der Waals surface area contributed by atoms with Crippen molar-refractivity contribution in [3.8, 4) is 0 Å². The summed E-state index contributed by atoms with van der Waals surface area (Å²) in [6.45, 7) is 0.299. The van der Waals surface area contributed by atoms with Crippen molar-refractivity contribution < 1.29 is 4.84 Å². The van der Waals surface area contributed by atoms with E-state index in [9.17, 15) is 0 Å². The zero-order valence-electron chi connectivity index (χ0n) is 13.4. The highest BCUT2D eigenvalue weighted by Gasteiger charge is 2.05. The average Bonchev–Trinajstić information content (AvgIpc) is 2.65. The minimum absolute atomic E-state index is 0.299. The van der Waals surface area contributed by atoms with Gasteiger partial charge in [-0.3, -0.25) is 0 Å². The van der Waals surface area contributed by atoms with Crippen molar-refractivity contribution in [1.29, 1.82) is 0 Å². The number of aromatic nitrogens is 1. The second kappa shape index (κ2) is 9.28. The van der Waals surface area contributed by atoms with Crippen LogP contribution in [0.4, 0.5) is 0 Å². The first-order valence-electron chi connectivity index (χ1n) is 7.59. The van der Waals surface area contributed by atoms with E-state index in [1.54, 1.807) is 24.5 Å². The highest BCUT2D eigenvalue weighted by molar-refractivity contribution is 7.99. The van der Waals surface area contributed by atoms with Gasteiger partial charge in [0.1, 0.15) is 11.6 Å². The maximum absolute atomic E-state index is 5.98. The summed E-state index contributed by atoms with van der Waals surface area (Å²) < 4.78 is 0. The molecule has 0 saturated heterocycles. The van der Waals surface area contributed by atoms with E-state index in [0.29, 0.717) is 21.7 Å². The van der Waals surface area contributed by atoms with Crippen LogP contribution in [0.2, 0.25) is 15.1 Å². The van der Waals surface area contributed by atoms with E-state index in [1.807, 2.05) is 42.5 Å². The predicted octanol–water partition coefficient (Wildman–Crippen LogP) is 6.74. The Morgan fingerprint density at radius 3 is 2.58 bits per heavy atom. The van der Waals surface area contributed by atoms with Gasteiger partial charge in [0.05, 0.1) is 16.3 Å². The molecule has 1 heterocycles. The zero-order valence-corrected chi connectivity index (χ0v) is 16.5. The third-order valence-corrected chi connectivity index (χ3v) is 5.34. The molecule has 0 aliphatic heterocycles. The van der Waals surface area contributed by atoms with E-state index in [2.05, 4.69) is 10.1 Å². The average molecular weight is 424 g/mol. The smallest absolute Gasteiger partial charge is 0.142 e. The summed E-state index contributed by atoms with van der Waals surface area (Å²) in [5.41, 5.74) is 1.75. The second-order valence-electron chi connectivity index (χ2n) is 5.21. The van der Waals surface area contributed by atoms with Crippen LogP contribution >= 0.6 is 46.6 Å². The van der Waals surface area contributed by atoms with Crippen molar-refractivity contribution in [3.05, 3.63) is 87.0 Å². The van der Waals surface area contributed by atoms with Crippen molar-refractivity contribution in [2.24, 2.45) is 5.16 Å². The quantitative estimate of drug-likeness (QED) is 0.325. The lowest BCUT2D eigenvalue weighted by Crippen LogP contribution is -1.92. The molecule has 2 aromatic carbocycles. The van der Waals surface area contributed by atoms with Crippen LogP contribution in [0, 0.1) is 0 Å². The monoisotopic (exact) mass is 422 g/mol. The fraction of sp³-hybridized carbons (Fsp3) is 0.0526. The Hall–Kier alpha value is -1.72. The van der Waals surface area contributed by atoms with Gasteiger partial charge in [-0.25, -0.2) is 4.98 Å². The van der Waals surface area contributed by atoms with Crippen molar-refractivity contribution >= 4 is 52.8 Å². The topological polar surface area (TPSA) is 34.5 Å². The Kier molecular flexibility index (Phi) is 6.80.